The first kappa shape index (κ1) is 8.85. The molecular formula is C11H14O. The number of benzene rings is 1. The minimum atomic E-state index is 0.353. The molecule has 1 aromatic rings. The van der Waals surface area contributed by atoms with Crippen LogP contribution < -0.4 is 0 Å². The van der Waals surface area contributed by atoms with Crippen LogP contribution in [0.4, 0.5) is 0 Å². The molecule has 0 aromatic heterocycles. The lowest BCUT2D eigenvalue weighted by molar-refractivity contribution is 0.474. The Morgan fingerprint density at radius 1 is 1.42 bits per heavy atom. The van der Waals surface area contributed by atoms with E-state index in [1.54, 1.807) is 6.07 Å². The lowest BCUT2D eigenvalue weighted by Gasteiger charge is -1.99. The van der Waals surface area contributed by atoms with E-state index in [0.717, 1.165) is 19.3 Å². The first-order valence-corrected chi connectivity index (χ1v) is 4.22. The van der Waals surface area contributed by atoms with E-state index in [2.05, 4.69) is 6.58 Å². The van der Waals surface area contributed by atoms with Gasteiger partial charge in [-0.05, 0) is 37.0 Å². The molecule has 0 saturated carbocycles. The fourth-order valence-corrected chi connectivity index (χ4v) is 1.16. The largest absolute Gasteiger partial charge is 0.508 e. The van der Waals surface area contributed by atoms with Crippen LogP contribution >= 0.6 is 0 Å². The van der Waals surface area contributed by atoms with Gasteiger partial charge in [0.05, 0.1) is 0 Å². The smallest absolute Gasteiger partial charge is 0.115 e. The van der Waals surface area contributed by atoms with Gasteiger partial charge in [0.15, 0.2) is 0 Å². The third-order valence-corrected chi connectivity index (χ3v) is 1.78. The third kappa shape index (κ3) is 2.79. The summed E-state index contributed by atoms with van der Waals surface area (Å²) in [5.41, 5.74) is 1.19. The molecule has 1 heteroatoms. The van der Waals surface area contributed by atoms with Crippen molar-refractivity contribution in [3.05, 3.63) is 42.5 Å². The Kier molecular flexibility index (Phi) is 3.39. The first-order chi connectivity index (χ1) is 5.83. The number of aryl methyl sites for hydroxylation is 1. The van der Waals surface area contributed by atoms with E-state index in [1.165, 1.54) is 5.56 Å². The molecule has 0 aliphatic rings. The second-order valence-electron chi connectivity index (χ2n) is 2.85. The summed E-state index contributed by atoms with van der Waals surface area (Å²) >= 11 is 0. The number of rotatable bonds is 4. The first-order valence-electron chi connectivity index (χ1n) is 4.22. The average molecular weight is 162 g/mol. The molecule has 1 aromatic carbocycles. The van der Waals surface area contributed by atoms with Crippen LogP contribution in [0.1, 0.15) is 18.4 Å². The molecule has 0 bridgehead atoms. The fourth-order valence-electron chi connectivity index (χ4n) is 1.16. The van der Waals surface area contributed by atoms with Gasteiger partial charge in [0.25, 0.3) is 0 Å². The van der Waals surface area contributed by atoms with Crippen molar-refractivity contribution in [3.63, 3.8) is 0 Å². The van der Waals surface area contributed by atoms with Crippen molar-refractivity contribution in [2.24, 2.45) is 0 Å². The van der Waals surface area contributed by atoms with Gasteiger partial charge in [0, 0.05) is 0 Å². The topological polar surface area (TPSA) is 20.2 Å². The lowest BCUT2D eigenvalue weighted by Crippen LogP contribution is -1.83. The summed E-state index contributed by atoms with van der Waals surface area (Å²) in [7, 11) is 0. The zero-order valence-electron chi connectivity index (χ0n) is 7.16. The number of hydrogen-bond acceptors (Lipinski definition) is 1. The van der Waals surface area contributed by atoms with Gasteiger partial charge < -0.3 is 5.11 Å². The average Bonchev–Trinajstić information content (AvgIpc) is 2.05. The molecule has 1 nitrogen and oxygen atoms in total. The van der Waals surface area contributed by atoms with Crippen LogP contribution in [0.3, 0.4) is 0 Å². The summed E-state index contributed by atoms with van der Waals surface area (Å²) in [6.07, 6.45) is 5.08. The monoisotopic (exact) mass is 162 g/mol. The van der Waals surface area contributed by atoms with Gasteiger partial charge in [0.2, 0.25) is 0 Å². The Bertz CT molecular complexity index is 253. The van der Waals surface area contributed by atoms with E-state index < -0.39 is 0 Å². The third-order valence-electron chi connectivity index (χ3n) is 1.78. The van der Waals surface area contributed by atoms with Gasteiger partial charge >= 0.3 is 0 Å². The molecular weight excluding hydrogens is 148 g/mol. The number of phenolic OH excluding ortho intramolecular Hbond substituents is 1. The van der Waals surface area contributed by atoms with Crippen LogP contribution in [0.5, 0.6) is 5.75 Å². The van der Waals surface area contributed by atoms with Crippen LogP contribution in [0.2, 0.25) is 0 Å². The van der Waals surface area contributed by atoms with Gasteiger partial charge in [-0.1, -0.05) is 18.2 Å². The molecule has 0 amide bonds. The Morgan fingerprint density at radius 2 is 2.25 bits per heavy atom. The predicted molar refractivity (Wildman–Crippen MR) is 51.2 cm³/mol. The van der Waals surface area contributed by atoms with Gasteiger partial charge in [-0.2, -0.15) is 0 Å². The van der Waals surface area contributed by atoms with Crippen molar-refractivity contribution < 1.29 is 5.11 Å². The van der Waals surface area contributed by atoms with Gasteiger partial charge in [-0.15, -0.1) is 6.58 Å². The molecule has 0 fully saturated rings. The second-order valence-corrected chi connectivity index (χ2v) is 2.85. The molecule has 0 spiro atoms. The minimum absolute atomic E-state index is 0.353. The van der Waals surface area contributed by atoms with E-state index in [4.69, 9.17) is 5.11 Å². The van der Waals surface area contributed by atoms with E-state index >= 15 is 0 Å². The summed E-state index contributed by atoms with van der Waals surface area (Å²) < 4.78 is 0. The highest BCUT2D eigenvalue weighted by molar-refractivity contribution is 5.27. The number of unbranched alkanes of at least 4 members (excludes halogenated alkanes) is 1. The number of aromatic hydroxyl groups is 1. The van der Waals surface area contributed by atoms with Gasteiger partial charge in [0.1, 0.15) is 5.75 Å². The summed E-state index contributed by atoms with van der Waals surface area (Å²) in [6, 6.07) is 7.40. The molecule has 1 rings (SSSR count). The maximum atomic E-state index is 9.15. The lowest BCUT2D eigenvalue weighted by atomic mass is 10.1. The van der Waals surface area contributed by atoms with Crippen molar-refractivity contribution in [3.8, 4) is 5.75 Å². The zero-order chi connectivity index (χ0) is 8.81. The van der Waals surface area contributed by atoms with Crippen LogP contribution in [0.15, 0.2) is 36.9 Å². The van der Waals surface area contributed by atoms with Crippen molar-refractivity contribution in [1.29, 1.82) is 0 Å². The minimum Gasteiger partial charge on any atom is -0.508 e. The highest BCUT2D eigenvalue weighted by atomic mass is 16.3. The number of phenols is 1. The molecule has 0 atom stereocenters. The van der Waals surface area contributed by atoms with Crippen molar-refractivity contribution in [1.82, 2.24) is 0 Å². The van der Waals surface area contributed by atoms with Crippen molar-refractivity contribution >= 4 is 0 Å². The molecule has 64 valence electrons. The normalized spacial score (nSPS) is 9.67. The molecule has 0 radical (unpaired) electrons. The summed E-state index contributed by atoms with van der Waals surface area (Å²) in [5.74, 6) is 0.353. The maximum Gasteiger partial charge on any atom is 0.115 e. The quantitative estimate of drug-likeness (QED) is 0.533. The molecule has 0 saturated heterocycles. The number of allylic oxidation sites excluding steroid dienone is 1. The van der Waals surface area contributed by atoms with E-state index in [-0.39, 0.29) is 0 Å². The van der Waals surface area contributed by atoms with E-state index in [0.29, 0.717) is 5.75 Å². The molecule has 0 unspecified atom stereocenters. The Morgan fingerprint density at radius 3 is 2.92 bits per heavy atom. The van der Waals surface area contributed by atoms with Crippen LogP contribution in [0, 0.1) is 0 Å². The Balaban J connectivity index is 2.46. The Labute approximate surface area is 73.4 Å². The molecule has 0 aliphatic heterocycles. The van der Waals surface area contributed by atoms with Crippen molar-refractivity contribution in [2.75, 3.05) is 0 Å². The summed E-state index contributed by atoms with van der Waals surface area (Å²) in [6.45, 7) is 3.66. The van der Waals surface area contributed by atoms with E-state index in [9.17, 15) is 0 Å². The fraction of sp³-hybridized carbons (Fsp3) is 0.273. The zero-order valence-corrected chi connectivity index (χ0v) is 7.16. The maximum absolute atomic E-state index is 9.15. The standard InChI is InChI=1S/C11H14O/c1-2-3-4-6-10-7-5-8-11(12)9-10/h2,5,7-9,12H,1,3-4,6H2. The van der Waals surface area contributed by atoms with Crippen molar-refractivity contribution in [2.45, 2.75) is 19.3 Å². The highest BCUT2D eigenvalue weighted by Crippen LogP contribution is 2.12. The Hall–Kier alpha value is -1.24. The van der Waals surface area contributed by atoms with Crippen LogP contribution in [-0.4, -0.2) is 5.11 Å². The SMILES string of the molecule is C=CCCCc1cccc(O)c1. The van der Waals surface area contributed by atoms with Gasteiger partial charge in [-0.25, -0.2) is 0 Å². The van der Waals surface area contributed by atoms with Gasteiger partial charge in [-0.3, -0.25) is 0 Å². The molecule has 0 heterocycles. The molecule has 0 aliphatic carbocycles. The number of hydrogen-bond donors (Lipinski definition) is 1. The summed E-state index contributed by atoms with van der Waals surface area (Å²) in [5, 5.41) is 9.15. The van der Waals surface area contributed by atoms with Crippen LogP contribution in [-0.2, 0) is 6.42 Å². The van der Waals surface area contributed by atoms with Crippen LogP contribution in [0.25, 0.3) is 0 Å². The molecule has 1 N–H and O–H groups in total. The predicted octanol–water partition coefficient (Wildman–Crippen LogP) is 2.90. The van der Waals surface area contributed by atoms with E-state index in [1.807, 2.05) is 24.3 Å². The summed E-state index contributed by atoms with van der Waals surface area (Å²) in [4.78, 5) is 0. The second kappa shape index (κ2) is 4.60. The highest BCUT2D eigenvalue weighted by Gasteiger charge is 1.92. The molecule has 12 heavy (non-hydrogen) atoms.